The van der Waals surface area contributed by atoms with E-state index in [4.69, 9.17) is 9.94 Å². The van der Waals surface area contributed by atoms with E-state index in [1.54, 1.807) is 6.92 Å². The molecule has 1 heterocycles. The topological polar surface area (TPSA) is 88.3 Å². The van der Waals surface area contributed by atoms with Gasteiger partial charge in [-0.1, -0.05) is 0 Å². The molecule has 0 aliphatic carbocycles. The maximum atomic E-state index is 11.3. The van der Waals surface area contributed by atoms with Crippen molar-refractivity contribution in [1.29, 1.82) is 0 Å². The second-order valence-corrected chi connectivity index (χ2v) is 2.98. The van der Waals surface area contributed by atoms with Crippen molar-refractivity contribution in [2.24, 2.45) is 5.28 Å². The molecule has 1 N–H and O–H groups in total. The van der Waals surface area contributed by atoms with Gasteiger partial charge < -0.3 is 14.8 Å². The van der Waals surface area contributed by atoms with Crippen molar-refractivity contribution in [2.75, 3.05) is 32.8 Å². The van der Waals surface area contributed by atoms with Crippen LogP contribution in [0.3, 0.4) is 0 Å². The number of hydrogen-bond donors (Lipinski definition) is 1. The van der Waals surface area contributed by atoms with E-state index in [1.807, 2.05) is 0 Å². The molecule has 8 nitrogen and oxygen atoms in total. The van der Waals surface area contributed by atoms with E-state index in [-0.39, 0.29) is 11.1 Å². The minimum absolute atomic E-state index is 0.114. The van der Waals surface area contributed by atoms with Crippen molar-refractivity contribution in [2.45, 2.75) is 6.92 Å². The molecule has 0 atom stereocenters. The van der Waals surface area contributed by atoms with Gasteiger partial charge in [-0.2, -0.15) is 0 Å². The summed E-state index contributed by atoms with van der Waals surface area (Å²) in [5.41, 5.74) is 0. The van der Waals surface area contributed by atoms with Crippen molar-refractivity contribution in [3.63, 3.8) is 0 Å². The highest BCUT2D eigenvalue weighted by Gasteiger charge is 2.29. The van der Waals surface area contributed by atoms with Gasteiger partial charge in [0.1, 0.15) is 0 Å². The van der Waals surface area contributed by atoms with Crippen LogP contribution in [0.2, 0.25) is 0 Å². The predicted molar refractivity (Wildman–Crippen MR) is 45.3 cm³/mol. The van der Waals surface area contributed by atoms with Crippen molar-refractivity contribution in [1.82, 2.24) is 9.91 Å². The Morgan fingerprint density at radius 3 is 2.53 bits per heavy atom. The first kappa shape index (κ1) is 11.3. The van der Waals surface area contributed by atoms with Crippen LogP contribution in [0.25, 0.3) is 0 Å². The molecule has 85 valence electrons. The van der Waals surface area contributed by atoms with Crippen molar-refractivity contribution < 1.29 is 24.9 Å². The summed E-state index contributed by atoms with van der Waals surface area (Å²) < 4.78 is 4.81. The van der Waals surface area contributed by atoms with Crippen molar-refractivity contribution in [3.8, 4) is 0 Å². The molecule has 1 fully saturated rings. The van der Waals surface area contributed by atoms with Gasteiger partial charge in [-0.15, -0.1) is 5.01 Å². The van der Waals surface area contributed by atoms with Crippen LogP contribution in [-0.4, -0.2) is 59.0 Å². The summed E-state index contributed by atoms with van der Waals surface area (Å²) in [6, 6.07) is 0. The summed E-state index contributed by atoms with van der Waals surface area (Å²) in [7, 11) is 0. The monoisotopic (exact) mass is 218 g/mol. The standard InChI is InChI=1S/C7H14N4O4/c1-2-15-7(12)9-3-5-10(6-4-9)11(14)8-13/h13H,2-6H2,1H3/q+1. The van der Waals surface area contributed by atoms with Gasteiger partial charge in [0.15, 0.2) is 0 Å². The molecular formula is C7H14N4O4+. The molecule has 0 aromatic heterocycles. The highest BCUT2D eigenvalue weighted by molar-refractivity contribution is 5.67. The number of piperazine rings is 1. The molecule has 1 radical (unpaired) electrons. The Morgan fingerprint density at radius 1 is 1.47 bits per heavy atom. The van der Waals surface area contributed by atoms with Crippen molar-refractivity contribution >= 4 is 6.09 Å². The lowest BCUT2D eigenvalue weighted by Gasteiger charge is -2.27. The van der Waals surface area contributed by atoms with Gasteiger partial charge in [0.25, 0.3) is 5.28 Å². The molecule has 0 aromatic carbocycles. The second-order valence-electron chi connectivity index (χ2n) is 2.98. The van der Waals surface area contributed by atoms with Gasteiger partial charge in [-0.25, -0.2) is 4.79 Å². The van der Waals surface area contributed by atoms with E-state index in [2.05, 4.69) is 5.28 Å². The molecule has 0 bridgehead atoms. The number of ether oxygens (including phenoxy) is 1. The average molecular weight is 218 g/mol. The normalized spacial score (nSPS) is 17.8. The lowest BCUT2D eigenvalue weighted by molar-refractivity contribution is -0.969. The first-order valence-corrected chi connectivity index (χ1v) is 4.68. The number of carbonyl (C=O) groups excluding carboxylic acids is 1. The molecule has 0 saturated carbocycles. The summed E-state index contributed by atoms with van der Waals surface area (Å²) in [6.07, 6.45) is -0.379. The van der Waals surface area contributed by atoms with Crippen molar-refractivity contribution in [3.05, 3.63) is 0 Å². The zero-order chi connectivity index (χ0) is 11.3. The van der Waals surface area contributed by atoms with Crippen LogP contribution in [-0.2, 0) is 9.94 Å². The lowest BCUT2D eigenvalue weighted by atomic mass is 10.4. The Labute approximate surface area is 86.8 Å². The van der Waals surface area contributed by atoms with Crippen LogP contribution in [0.4, 0.5) is 4.79 Å². The van der Waals surface area contributed by atoms with Gasteiger partial charge in [-0.05, 0) is 6.92 Å². The first-order valence-electron chi connectivity index (χ1n) is 4.68. The Morgan fingerprint density at radius 2 is 2.07 bits per heavy atom. The van der Waals surface area contributed by atoms with E-state index >= 15 is 0 Å². The Hall–Kier alpha value is -1.73. The third-order valence-corrected chi connectivity index (χ3v) is 2.10. The molecule has 1 saturated heterocycles. The minimum Gasteiger partial charge on any atom is -0.450 e. The van der Waals surface area contributed by atoms with Gasteiger partial charge in [-0.3, -0.25) is 0 Å². The Kier molecular flexibility index (Phi) is 3.95. The highest BCUT2D eigenvalue weighted by atomic mass is 16.6. The van der Waals surface area contributed by atoms with Gasteiger partial charge in [0.2, 0.25) is 0 Å². The molecule has 1 aliphatic heterocycles. The van der Waals surface area contributed by atoms with E-state index in [0.29, 0.717) is 32.8 Å². The van der Waals surface area contributed by atoms with Crippen LogP contribution < -0.4 is 0 Å². The summed E-state index contributed by atoms with van der Waals surface area (Å²) >= 11 is 0. The Balaban J connectivity index is 2.39. The second kappa shape index (κ2) is 5.23. The number of amides is 1. The van der Waals surface area contributed by atoms with Crippen LogP contribution >= 0.6 is 0 Å². The molecule has 1 rings (SSSR count). The van der Waals surface area contributed by atoms with Crippen LogP contribution in [0.5, 0.6) is 0 Å². The Bertz CT molecular complexity index is 249. The van der Waals surface area contributed by atoms with Crippen LogP contribution in [0, 0.1) is 0 Å². The zero-order valence-electron chi connectivity index (χ0n) is 8.50. The van der Waals surface area contributed by atoms with E-state index < -0.39 is 0 Å². The number of hydrazine groups is 1. The number of rotatable bonds is 2. The maximum Gasteiger partial charge on any atom is 0.409 e. The fourth-order valence-corrected chi connectivity index (χ4v) is 1.32. The fourth-order valence-electron chi connectivity index (χ4n) is 1.32. The highest BCUT2D eigenvalue weighted by Crippen LogP contribution is 2.03. The number of hydrogen-bond acceptors (Lipinski definition) is 3. The smallest absolute Gasteiger partial charge is 0.409 e. The van der Waals surface area contributed by atoms with Crippen LogP contribution in [0.15, 0.2) is 5.28 Å². The predicted octanol–water partition coefficient (Wildman–Crippen LogP) is -0.125. The number of carbonyl (C=O) groups is 1. The fraction of sp³-hybridized carbons (Fsp3) is 0.857. The van der Waals surface area contributed by atoms with Gasteiger partial charge in [0, 0.05) is 13.1 Å². The number of nitrogens with zero attached hydrogens (tertiary/aromatic N) is 4. The summed E-state index contributed by atoms with van der Waals surface area (Å²) in [5, 5.41) is 22.9. The molecule has 1 amide bonds. The molecule has 0 aromatic rings. The molecule has 1 aliphatic rings. The summed E-state index contributed by atoms with van der Waals surface area (Å²) in [4.78, 5) is 12.9. The largest absolute Gasteiger partial charge is 0.450 e. The quantitative estimate of drug-likeness (QED) is 0.397. The third kappa shape index (κ3) is 2.86. The van der Waals surface area contributed by atoms with E-state index in [1.165, 1.54) is 9.91 Å². The SMILES string of the molecule is CCOC(=O)N1CCN([N+]([O])=NO)CC1. The van der Waals surface area contributed by atoms with Gasteiger partial charge in [0.05, 0.1) is 24.9 Å². The van der Waals surface area contributed by atoms with Crippen LogP contribution in [0.1, 0.15) is 6.92 Å². The minimum atomic E-state index is -0.379. The first-order chi connectivity index (χ1) is 7.19. The molecule has 15 heavy (non-hydrogen) atoms. The van der Waals surface area contributed by atoms with Gasteiger partial charge >= 0.3 is 11.1 Å². The molecular weight excluding hydrogens is 204 g/mol. The van der Waals surface area contributed by atoms with E-state index in [9.17, 15) is 10.0 Å². The lowest BCUT2D eigenvalue weighted by Crippen LogP contribution is -2.51. The summed E-state index contributed by atoms with van der Waals surface area (Å²) in [5.74, 6) is 0. The maximum absolute atomic E-state index is 11.3. The molecule has 0 spiro atoms. The zero-order valence-corrected chi connectivity index (χ0v) is 8.50. The third-order valence-electron chi connectivity index (χ3n) is 2.10. The summed E-state index contributed by atoms with van der Waals surface area (Å²) in [6.45, 7) is 3.48. The van der Waals surface area contributed by atoms with E-state index in [0.717, 1.165) is 0 Å². The molecule has 8 heteroatoms. The molecule has 0 unspecified atom stereocenters. The average Bonchev–Trinajstić information content (AvgIpc) is 2.28.